The number of imidazole rings is 1. The van der Waals surface area contributed by atoms with Gasteiger partial charge in [0.2, 0.25) is 0 Å². The van der Waals surface area contributed by atoms with E-state index in [0.717, 1.165) is 54.3 Å². The molecule has 1 fully saturated rings. The number of hydrogen-bond donors (Lipinski definition) is 0. The topological polar surface area (TPSA) is 52.4 Å². The van der Waals surface area contributed by atoms with E-state index in [9.17, 15) is 0 Å². The van der Waals surface area contributed by atoms with Crippen LogP contribution in [0.3, 0.4) is 0 Å². The largest absolute Gasteiger partial charge is 0.491 e. The molecule has 3 aromatic rings. The Morgan fingerprint density at radius 3 is 2.85 bits per heavy atom. The molecule has 0 bridgehead atoms. The van der Waals surface area contributed by atoms with Gasteiger partial charge in [0.25, 0.3) is 0 Å². The minimum Gasteiger partial charge on any atom is -0.491 e. The number of thiazole rings is 1. The Balaban J connectivity index is 1.41. The van der Waals surface area contributed by atoms with Crippen molar-refractivity contribution in [3.8, 4) is 16.3 Å². The van der Waals surface area contributed by atoms with Crippen molar-refractivity contribution in [2.24, 2.45) is 0 Å². The van der Waals surface area contributed by atoms with Gasteiger partial charge in [0.05, 0.1) is 42.9 Å². The molecule has 0 atom stereocenters. The Morgan fingerprint density at radius 1 is 1.19 bits per heavy atom. The molecule has 0 spiro atoms. The lowest BCUT2D eigenvalue weighted by atomic mass is 10.1. The van der Waals surface area contributed by atoms with Crippen molar-refractivity contribution in [3.63, 3.8) is 0 Å². The third-order valence-corrected chi connectivity index (χ3v) is 5.74. The molecule has 1 aliphatic rings. The zero-order chi connectivity index (χ0) is 18.6. The van der Waals surface area contributed by atoms with Crippen LogP contribution in [0.4, 0.5) is 5.13 Å². The van der Waals surface area contributed by atoms with Gasteiger partial charge in [-0.1, -0.05) is 29.0 Å². The van der Waals surface area contributed by atoms with E-state index in [1.165, 1.54) is 11.1 Å². The molecule has 142 valence electrons. The fourth-order valence-electron chi connectivity index (χ4n) is 3.20. The van der Waals surface area contributed by atoms with Crippen LogP contribution >= 0.6 is 11.3 Å². The number of ether oxygens (including phenoxy) is 2. The molecule has 0 radical (unpaired) electrons. The second-order valence-electron chi connectivity index (χ2n) is 6.70. The maximum atomic E-state index is 5.97. The molecule has 1 aliphatic heterocycles. The van der Waals surface area contributed by atoms with Crippen molar-refractivity contribution in [2.75, 3.05) is 37.8 Å². The summed E-state index contributed by atoms with van der Waals surface area (Å²) in [5.74, 6) is 0.939. The Kier molecular flexibility index (Phi) is 5.40. The number of nitrogens with zero attached hydrogens (tertiary/aromatic N) is 4. The first-order chi connectivity index (χ1) is 13.2. The van der Waals surface area contributed by atoms with Gasteiger partial charge < -0.3 is 18.9 Å². The van der Waals surface area contributed by atoms with Crippen LogP contribution in [0.25, 0.3) is 10.6 Å². The second-order valence-corrected chi connectivity index (χ2v) is 7.71. The van der Waals surface area contributed by atoms with E-state index in [1.54, 1.807) is 11.3 Å². The van der Waals surface area contributed by atoms with Crippen molar-refractivity contribution >= 4 is 16.5 Å². The first kappa shape index (κ1) is 18.0. The molecular formula is C20H24N4O2S. The van der Waals surface area contributed by atoms with Crippen molar-refractivity contribution in [2.45, 2.75) is 20.4 Å². The predicted octanol–water partition coefficient (Wildman–Crippen LogP) is 3.54. The number of rotatable bonds is 6. The van der Waals surface area contributed by atoms with Crippen LogP contribution in [0.15, 0.2) is 36.9 Å². The highest BCUT2D eigenvalue weighted by Gasteiger charge is 2.16. The number of aryl methyl sites for hydroxylation is 2. The van der Waals surface area contributed by atoms with E-state index in [0.29, 0.717) is 6.61 Å². The highest BCUT2D eigenvalue weighted by atomic mass is 32.1. The summed E-state index contributed by atoms with van der Waals surface area (Å²) in [6, 6.07) is 6.26. The molecule has 7 heteroatoms. The van der Waals surface area contributed by atoms with Gasteiger partial charge >= 0.3 is 0 Å². The minimum absolute atomic E-state index is 0.600. The van der Waals surface area contributed by atoms with Gasteiger partial charge in [-0.25, -0.2) is 9.97 Å². The molecule has 2 aromatic heterocycles. The lowest BCUT2D eigenvalue weighted by molar-refractivity contribution is 0.122. The Labute approximate surface area is 163 Å². The lowest BCUT2D eigenvalue weighted by Crippen LogP contribution is -2.36. The first-order valence-electron chi connectivity index (χ1n) is 9.20. The first-order valence-corrected chi connectivity index (χ1v) is 10.0. The van der Waals surface area contributed by atoms with Gasteiger partial charge in [0, 0.05) is 19.3 Å². The predicted molar refractivity (Wildman–Crippen MR) is 108 cm³/mol. The van der Waals surface area contributed by atoms with E-state index in [1.807, 2.05) is 24.8 Å². The van der Waals surface area contributed by atoms with Gasteiger partial charge in [0.15, 0.2) is 5.13 Å². The summed E-state index contributed by atoms with van der Waals surface area (Å²) in [5, 5.41) is 1.05. The molecule has 4 rings (SSSR count). The third-order valence-electron chi connectivity index (χ3n) is 4.66. The molecule has 27 heavy (non-hydrogen) atoms. The van der Waals surface area contributed by atoms with Gasteiger partial charge in [-0.15, -0.1) is 0 Å². The summed E-state index contributed by atoms with van der Waals surface area (Å²) < 4.78 is 13.5. The highest BCUT2D eigenvalue weighted by molar-refractivity contribution is 7.18. The normalized spacial score (nSPS) is 14.5. The summed E-state index contributed by atoms with van der Waals surface area (Å²) in [4.78, 5) is 12.3. The second kappa shape index (κ2) is 8.10. The van der Waals surface area contributed by atoms with Gasteiger partial charge in [0.1, 0.15) is 12.4 Å². The van der Waals surface area contributed by atoms with Gasteiger partial charge in [-0.2, -0.15) is 0 Å². The van der Waals surface area contributed by atoms with Crippen LogP contribution in [0.2, 0.25) is 0 Å². The minimum atomic E-state index is 0.600. The van der Waals surface area contributed by atoms with Crippen LogP contribution in [0.5, 0.6) is 5.75 Å². The number of morpholine rings is 1. The van der Waals surface area contributed by atoms with E-state index in [-0.39, 0.29) is 0 Å². The van der Waals surface area contributed by atoms with Crippen molar-refractivity contribution in [1.82, 2.24) is 14.5 Å². The summed E-state index contributed by atoms with van der Waals surface area (Å²) in [5.41, 5.74) is 3.49. The van der Waals surface area contributed by atoms with Crippen molar-refractivity contribution in [1.29, 1.82) is 0 Å². The average molecular weight is 385 g/mol. The number of benzene rings is 1. The Morgan fingerprint density at radius 2 is 2.04 bits per heavy atom. The maximum Gasteiger partial charge on any atom is 0.186 e. The van der Waals surface area contributed by atoms with E-state index in [4.69, 9.17) is 9.47 Å². The van der Waals surface area contributed by atoms with Crippen LogP contribution in [-0.2, 0) is 11.3 Å². The van der Waals surface area contributed by atoms with Crippen LogP contribution in [-0.4, -0.2) is 47.4 Å². The van der Waals surface area contributed by atoms with Gasteiger partial charge in [-0.3, -0.25) is 0 Å². The molecule has 1 aromatic carbocycles. The van der Waals surface area contributed by atoms with E-state index in [2.05, 4.69) is 45.4 Å². The number of hydrogen-bond acceptors (Lipinski definition) is 6. The monoisotopic (exact) mass is 384 g/mol. The quantitative estimate of drug-likeness (QED) is 0.651. The average Bonchev–Trinajstić information content (AvgIpc) is 3.33. The smallest absolute Gasteiger partial charge is 0.186 e. The molecule has 6 nitrogen and oxygen atoms in total. The van der Waals surface area contributed by atoms with Crippen molar-refractivity contribution in [3.05, 3.63) is 48.0 Å². The fraction of sp³-hybridized carbons (Fsp3) is 0.400. The van der Waals surface area contributed by atoms with E-state index < -0.39 is 0 Å². The highest BCUT2D eigenvalue weighted by Crippen LogP contribution is 2.31. The standard InChI is InChI=1S/C20H24N4O2S/c1-15-3-4-18(16(2)11-15)26-10-7-24-14-21-12-17(24)19-13-22-20(27-19)23-5-8-25-9-6-23/h3-4,11-14H,5-10H2,1-2H3. The summed E-state index contributed by atoms with van der Waals surface area (Å²) in [7, 11) is 0. The third kappa shape index (κ3) is 4.14. The zero-order valence-corrected chi connectivity index (χ0v) is 16.5. The van der Waals surface area contributed by atoms with Crippen molar-refractivity contribution < 1.29 is 9.47 Å². The molecule has 1 saturated heterocycles. The maximum absolute atomic E-state index is 5.97. The molecule has 3 heterocycles. The molecule has 0 aliphatic carbocycles. The molecular weight excluding hydrogens is 360 g/mol. The summed E-state index contributed by atoms with van der Waals surface area (Å²) >= 11 is 1.70. The Hall–Kier alpha value is -2.38. The van der Waals surface area contributed by atoms with Gasteiger partial charge in [-0.05, 0) is 25.5 Å². The Bertz CT molecular complexity index is 899. The fourth-order valence-corrected chi connectivity index (χ4v) is 4.20. The van der Waals surface area contributed by atoms with Crippen LogP contribution in [0.1, 0.15) is 11.1 Å². The summed E-state index contributed by atoms with van der Waals surface area (Å²) in [6.45, 7) is 8.84. The lowest BCUT2D eigenvalue weighted by Gasteiger charge is -2.25. The molecule has 0 N–H and O–H groups in total. The van der Waals surface area contributed by atoms with Crippen LogP contribution < -0.4 is 9.64 Å². The summed E-state index contributed by atoms with van der Waals surface area (Å²) in [6.07, 6.45) is 5.69. The number of aromatic nitrogens is 3. The van der Waals surface area contributed by atoms with E-state index >= 15 is 0 Å². The molecule has 0 amide bonds. The molecule has 0 saturated carbocycles. The zero-order valence-electron chi connectivity index (χ0n) is 15.7. The number of anilines is 1. The van der Waals surface area contributed by atoms with Crippen LogP contribution in [0, 0.1) is 13.8 Å². The molecule has 0 unspecified atom stereocenters. The SMILES string of the molecule is Cc1ccc(OCCn2cncc2-c2cnc(N3CCOCC3)s2)c(C)c1.